The highest BCUT2D eigenvalue weighted by atomic mass is 35.5. The molecule has 6 nitrogen and oxygen atoms in total. The highest BCUT2D eigenvalue weighted by Gasteiger charge is 2.23. The minimum atomic E-state index is -3.89. The van der Waals surface area contributed by atoms with Gasteiger partial charge in [-0.1, -0.05) is 23.7 Å². The van der Waals surface area contributed by atoms with Crippen LogP contribution in [0.2, 0.25) is 5.02 Å². The Morgan fingerprint density at radius 2 is 2.15 bits per heavy atom. The van der Waals surface area contributed by atoms with E-state index in [0.29, 0.717) is 36.0 Å². The number of aromatic nitrogens is 1. The van der Waals surface area contributed by atoms with E-state index in [9.17, 15) is 8.42 Å². The van der Waals surface area contributed by atoms with Crippen LogP contribution in [0.4, 0.5) is 5.69 Å². The molecule has 3 aromatic rings. The molecule has 1 fully saturated rings. The molecule has 142 valence electrons. The van der Waals surface area contributed by atoms with E-state index < -0.39 is 10.0 Å². The van der Waals surface area contributed by atoms with Gasteiger partial charge in [0.15, 0.2) is 0 Å². The van der Waals surface area contributed by atoms with Crippen LogP contribution in [-0.4, -0.2) is 33.2 Å². The summed E-state index contributed by atoms with van der Waals surface area (Å²) < 4.78 is 39.9. The first-order valence-electron chi connectivity index (χ1n) is 8.62. The van der Waals surface area contributed by atoms with E-state index in [2.05, 4.69) is 9.71 Å². The van der Waals surface area contributed by atoms with Gasteiger partial charge in [-0.2, -0.15) is 0 Å². The van der Waals surface area contributed by atoms with E-state index in [1.807, 2.05) is 12.1 Å². The Balaban J connectivity index is 1.64. The molecule has 0 amide bonds. The van der Waals surface area contributed by atoms with Crippen molar-refractivity contribution in [2.75, 3.05) is 24.5 Å². The summed E-state index contributed by atoms with van der Waals surface area (Å²) >= 11 is 6.06. The van der Waals surface area contributed by atoms with E-state index in [1.165, 1.54) is 6.07 Å². The molecule has 1 aromatic heterocycles. The fourth-order valence-electron chi connectivity index (χ4n) is 3.10. The third-order valence-corrected chi connectivity index (χ3v) is 6.15. The highest BCUT2D eigenvalue weighted by Crippen LogP contribution is 2.31. The average Bonchev–Trinajstić information content (AvgIpc) is 3.32. The topological polar surface area (TPSA) is 80.4 Å². The molecule has 27 heavy (non-hydrogen) atoms. The summed E-state index contributed by atoms with van der Waals surface area (Å²) in [6.45, 7) is 1.74. The number of rotatable bonds is 6. The summed E-state index contributed by atoms with van der Waals surface area (Å²) in [5.74, 6) is 0.536. The minimum absolute atomic E-state index is 0.0116. The first-order valence-corrected chi connectivity index (χ1v) is 10.5. The van der Waals surface area contributed by atoms with Gasteiger partial charge < -0.3 is 14.5 Å². The molecule has 8 heteroatoms. The Morgan fingerprint density at radius 3 is 2.96 bits per heavy atom. The van der Waals surface area contributed by atoms with E-state index in [-0.39, 0.29) is 16.6 Å². The third kappa shape index (κ3) is 3.90. The van der Waals surface area contributed by atoms with E-state index in [4.69, 9.17) is 21.1 Å². The number of hydrogen-bond acceptors (Lipinski definition) is 4. The summed E-state index contributed by atoms with van der Waals surface area (Å²) in [6, 6.07) is 11.9. The molecule has 1 unspecified atom stereocenters. The molecule has 4 rings (SSSR count). The smallest absolute Gasteiger partial charge is 0.265 e. The Morgan fingerprint density at radius 1 is 1.26 bits per heavy atom. The second-order valence-corrected chi connectivity index (χ2v) is 8.57. The molecular formula is C19H19ClN2O4S. The lowest BCUT2D eigenvalue weighted by Crippen LogP contribution is -2.17. The number of nitrogens with one attached hydrogen (secondary N) is 2. The zero-order valence-corrected chi connectivity index (χ0v) is 16.0. The number of fused-ring (bicyclic) bond motifs is 1. The number of anilines is 1. The summed E-state index contributed by atoms with van der Waals surface area (Å²) in [5.41, 5.74) is 1.18. The molecule has 0 spiro atoms. The Kier molecular flexibility index (Phi) is 4.99. The fourth-order valence-corrected chi connectivity index (χ4v) is 4.58. The van der Waals surface area contributed by atoms with Crippen molar-refractivity contribution in [1.82, 2.24) is 4.98 Å². The van der Waals surface area contributed by atoms with Gasteiger partial charge in [0.1, 0.15) is 10.6 Å². The Labute approximate surface area is 162 Å². The van der Waals surface area contributed by atoms with Crippen LogP contribution in [0.3, 0.4) is 0 Å². The molecule has 1 saturated heterocycles. The Hall–Kier alpha value is -2.22. The highest BCUT2D eigenvalue weighted by molar-refractivity contribution is 7.92. The molecule has 1 aliphatic heterocycles. The monoisotopic (exact) mass is 406 g/mol. The molecule has 2 heterocycles. The van der Waals surface area contributed by atoms with Crippen LogP contribution in [0.1, 0.15) is 6.42 Å². The van der Waals surface area contributed by atoms with Gasteiger partial charge in [0.2, 0.25) is 0 Å². The number of para-hydroxylation sites is 1. The fraction of sp³-hybridized carbons (Fsp3) is 0.263. The minimum Gasteiger partial charge on any atom is -0.492 e. The van der Waals surface area contributed by atoms with Crippen molar-refractivity contribution >= 4 is 38.2 Å². The molecule has 1 atom stereocenters. The van der Waals surface area contributed by atoms with Crippen molar-refractivity contribution in [3.8, 4) is 5.75 Å². The second kappa shape index (κ2) is 7.42. The molecule has 1 aliphatic rings. The average molecular weight is 407 g/mol. The lowest BCUT2D eigenvalue weighted by atomic mass is 10.1. The van der Waals surface area contributed by atoms with Gasteiger partial charge in [0.25, 0.3) is 10.0 Å². The number of H-pyrrole nitrogens is 1. The molecule has 2 N–H and O–H groups in total. The molecule has 0 saturated carbocycles. The van der Waals surface area contributed by atoms with Crippen LogP contribution < -0.4 is 9.46 Å². The molecule has 0 radical (unpaired) electrons. The van der Waals surface area contributed by atoms with Gasteiger partial charge in [-0.3, -0.25) is 4.72 Å². The standard InChI is InChI=1S/C19H19ClN2O4S/c20-15-4-5-17(26-12-13-7-9-25-11-13)18(10-15)27(23,24)22-16-3-1-2-14-6-8-21-19(14)16/h1-6,8,10,13,21-22H,7,9,11-12H2. The van der Waals surface area contributed by atoms with Crippen molar-refractivity contribution in [2.24, 2.45) is 5.92 Å². The number of benzene rings is 2. The van der Waals surface area contributed by atoms with Crippen LogP contribution in [0, 0.1) is 5.92 Å². The molecule has 2 aromatic carbocycles. The summed E-state index contributed by atoms with van der Waals surface area (Å²) in [6.07, 6.45) is 2.67. The summed E-state index contributed by atoms with van der Waals surface area (Å²) in [7, 11) is -3.89. The Bertz CT molecular complexity index is 1060. The molecular weight excluding hydrogens is 388 g/mol. The zero-order chi connectivity index (χ0) is 18.9. The lowest BCUT2D eigenvalue weighted by molar-refractivity contribution is 0.166. The van der Waals surface area contributed by atoms with Gasteiger partial charge in [-0.25, -0.2) is 8.42 Å². The van der Waals surface area contributed by atoms with Crippen molar-refractivity contribution in [2.45, 2.75) is 11.3 Å². The second-order valence-electron chi connectivity index (χ2n) is 6.48. The number of aromatic amines is 1. The number of ether oxygens (including phenoxy) is 2. The van der Waals surface area contributed by atoms with Crippen LogP contribution in [-0.2, 0) is 14.8 Å². The number of halogens is 1. The van der Waals surface area contributed by atoms with Gasteiger partial charge in [-0.15, -0.1) is 0 Å². The van der Waals surface area contributed by atoms with Crippen LogP contribution in [0.15, 0.2) is 53.6 Å². The predicted molar refractivity (Wildman–Crippen MR) is 105 cm³/mol. The largest absolute Gasteiger partial charge is 0.492 e. The lowest BCUT2D eigenvalue weighted by Gasteiger charge is -2.16. The summed E-state index contributed by atoms with van der Waals surface area (Å²) in [4.78, 5) is 3.06. The van der Waals surface area contributed by atoms with Gasteiger partial charge in [-0.05, 0) is 36.8 Å². The maximum atomic E-state index is 13.0. The van der Waals surface area contributed by atoms with Crippen molar-refractivity contribution < 1.29 is 17.9 Å². The maximum absolute atomic E-state index is 13.0. The van der Waals surface area contributed by atoms with Crippen molar-refractivity contribution in [1.29, 1.82) is 0 Å². The normalized spacial score (nSPS) is 17.3. The quantitative estimate of drug-likeness (QED) is 0.647. The van der Waals surface area contributed by atoms with Crippen LogP contribution in [0.5, 0.6) is 5.75 Å². The summed E-state index contributed by atoms with van der Waals surface area (Å²) in [5, 5.41) is 1.24. The molecule has 0 aliphatic carbocycles. The van der Waals surface area contributed by atoms with Crippen LogP contribution >= 0.6 is 11.6 Å². The van der Waals surface area contributed by atoms with Crippen molar-refractivity contribution in [3.05, 3.63) is 53.7 Å². The van der Waals surface area contributed by atoms with E-state index in [0.717, 1.165) is 11.8 Å². The molecule has 0 bridgehead atoms. The van der Waals surface area contributed by atoms with Crippen LogP contribution in [0.25, 0.3) is 10.9 Å². The number of hydrogen-bond donors (Lipinski definition) is 2. The first-order chi connectivity index (χ1) is 13.0. The number of sulfonamides is 1. The predicted octanol–water partition coefficient (Wildman–Crippen LogP) is 4.04. The van der Waals surface area contributed by atoms with E-state index in [1.54, 1.807) is 30.5 Å². The van der Waals surface area contributed by atoms with Crippen molar-refractivity contribution in [3.63, 3.8) is 0 Å². The van der Waals surface area contributed by atoms with Gasteiger partial charge in [0, 0.05) is 29.1 Å². The third-order valence-electron chi connectivity index (χ3n) is 4.53. The SMILES string of the molecule is O=S(=O)(Nc1cccc2cc[nH]c12)c1cc(Cl)ccc1OCC1CCOC1. The zero-order valence-electron chi connectivity index (χ0n) is 14.4. The van der Waals surface area contributed by atoms with Gasteiger partial charge in [0.05, 0.1) is 24.4 Å². The van der Waals surface area contributed by atoms with E-state index >= 15 is 0 Å². The maximum Gasteiger partial charge on any atom is 0.265 e. The first kappa shape index (κ1) is 18.2. The van der Waals surface area contributed by atoms with Gasteiger partial charge >= 0.3 is 0 Å².